The molecule has 2 aromatic rings. The summed E-state index contributed by atoms with van der Waals surface area (Å²) in [5, 5.41) is 14.0. The molecule has 2 N–H and O–H groups in total. The average molecular weight is 764 g/mol. The van der Waals surface area contributed by atoms with E-state index in [1.165, 1.54) is 4.90 Å². The van der Waals surface area contributed by atoms with Gasteiger partial charge in [0, 0.05) is 43.6 Å². The first kappa shape index (κ1) is 35.5. The highest BCUT2D eigenvalue weighted by Gasteiger charge is 2.75. The minimum absolute atomic E-state index is 0.0968. The second-order valence-corrected chi connectivity index (χ2v) is 14.5. The molecule has 7 rings (SSSR count). The molecular formula is C38H43BrN4O8. The lowest BCUT2D eigenvalue weighted by Crippen LogP contribution is -2.57. The number of halogens is 1. The summed E-state index contributed by atoms with van der Waals surface area (Å²) in [6.07, 6.45) is 5.21. The van der Waals surface area contributed by atoms with Gasteiger partial charge in [-0.1, -0.05) is 88.7 Å². The number of nitrogens with zero attached hydrogens (tertiary/aromatic N) is 3. The normalized spacial score (nSPS) is 31.6. The zero-order valence-electron chi connectivity index (χ0n) is 28.3. The Morgan fingerprint density at radius 1 is 0.941 bits per heavy atom. The van der Waals surface area contributed by atoms with Crippen LogP contribution in [0.1, 0.15) is 36.1 Å². The Kier molecular flexibility index (Phi) is 10.7. The molecule has 5 aliphatic heterocycles. The van der Waals surface area contributed by atoms with Gasteiger partial charge in [-0.25, -0.2) is 0 Å². The van der Waals surface area contributed by atoms with Crippen molar-refractivity contribution in [1.29, 1.82) is 0 Å². The fraction of sp³-hybridized carbons (Fsp3) is 0.474. The number of carbonyl (C=O) groups is 4. The van der Waals surface area contributed by atoms with Gasteiger partial charge in [0.25, 0.3) is 0 Å². The van der Waals surface area contributed by atoms with Gasteiger partial charge in [0.1, 0.15) is 24.4 Å². The van der Waals surface area contributed by atoms with Crippen molar-refractivity contribution in [2.45, 2.75) is 42.7 Å². The SMILES string of the molecule is O=C1CC/C=C\CN(CCN2CCOCC2)C(=O)[C@@H]2N([C@H](CO)c3ccccc3)C(=O)[C@H]3[C@H](C(=O)N[C@H](c4ccccc4)CO1)[C@H]1O[C@@]23C=C1Br. The number of carbonyl (C=O) groups excluding carboxylic acids is 4. The summed E-state index contributed by atoms with van der Waals surface area (Å²) in [7, 11) is 0. The molecule has 1 spiro atoms. The number of morpholine rings is 1. The maximum Gasteiger partial charge on any atom is 0.306 e. The molecule has 7 atom stereocenters. The number of fused-ring (bicyclic) bond motifs is 2. The first-order valence-electron chi connectivity index (χ1n) is 17.6. The first-order valence-corrected chi connectivity index (χ1v) is 18.4. The van der Waals surface area contributed by atoms with Gasteiger partial charge in [-0.3, -0.25) is 24.1 Å². The Hall–Kier alpha value is -3.88. The van der Waals surface area contributed by atoms with Crippen molar-refractivity contribution in [1.82, 2.24) is 20.0 Å². The molecule has 0 aliphatic carbocycles. The highest BCUT2D eigenvalue weighted by atomic mass is 79.9. The lowest BCUT2D eigenvalue weighted by Gasteiger charge is -2.39. The highest BCUT2D eigenvalue weighted by Crippen LogP contribution is 2.60. The second kappa shape index (κ2) is 15.4. The molecule has 5 aliphatic rings. The van der Waals surface area contributed by atoms with Crippen LogP contribution in [0.15, 0.2) is 83.4 Å². The summed E-state index contributed by atoms with van der Waals surface area (Å²) in [6, 6.07) is 15.6. The van der Waals surface area contributed by atoms with E-state index in [0.717, 1.165) is 18.7 Å². The number of hydrogen-bond donors (Lipinski definition) is 2. The Morgan fingerprint density at radius 2 is 1.67 bits per heavy atom. The number of allylic oxidation sites excluding steroid dienone is 1. The second-order valence-electron chi connectivity index (χ2n) is 13.6. The van der Waals surface area contributed by atoms with Crippen LogP contribution in [0.3, 0.4) is 0 Å². The topological polar surface area (TPSA) is 138 Å². The van der Waals surface area contributed by atoms with Crippen LogP contribution in [0.25, 0.3) is 0 Å². The third kappa shape index (κ3) is 6.89. The van der Waals surface area contributed by atoms with E-state index in [1.54, 1.807) is 11.0 Å². The summed E-state index contributed by atoms with van der Waals surface area (Å²) in [5.74, 6) is -3.72. The van der Waals surface area contributed by atoms with Crippen LogP contribution >= 0.6 is 15.9 Å². The molecule has 2 aromatic carbocycles. The minimum Gasteiger partial charge on any atom is -0.463 e. The molecule has 51 heavy (non-hydrogen) atoms. The van der Waals surface area contributed by atoms with Crippen LogP contribution in [-0.2, 0) is 33.4 Å². The van der Waals surface area contributed by atoms with Gasteiger partial charge < -0.3 is 34.4 Å². The number of rotatable bonds is 7. The number of aliphatic hydroxyl groups is 1. The van der Waals surface area contributed by atoms with Crippen LogP contribution in [-0.4, -0.2) is 120 Å². The first-order chi connectivity index (χ1) is 24.8. The van der Waals surface area contributed by atoms with Crippen LogP contribution < -0.4 is 5.32 Å². The van der Waals surface area contributed by atoms with Crippen molar-refractivity contribution in [3.05, 3.63) is 94.5 Å². The van der Waals surface area contributed by atoms with Crippen molar-refractivity contribution in [2.75, 3.05) is 59.2 Å². The summed E-state index contributed by atoms with van der Waals surface area (Å²) < 4.78 is 18.5. The van der Waals surface area contributed by atoms with E-state index in [2.05, 4.69) is 26.1 Å². The molecule has 0 saturated carbocycles. The largest absolute Gasteiger partial charge is 0.463 e. The number of esters is 1. The molecule has 0 unspecified atom stereocenters. The quantitative estimate of drug-likeness (QED) is 0.322. The number of nitrogens with one attached hydrogen (secondary N) is 1. The molecular weight excluding hydrogens is 720 g/mol. The van der Waals surface area contributed by atoms with Crippen LogP contribution in [0.2, 0.25) is 0 Å². The van der Waals surface area contributed by atoms with Crippen molar-refractivity contribution in [3.63, 3.8) is 0 Å². The third-order valence-corrected chi connectivity index (χ3v) is 11.3. The Balaban J connectivity index is 1.31. The van der Waals surface area contributed by atoms with Gasteiger partial charge in [0.15, 0.2) is 0 Å². The van der Waals surface area contributed by atoms with E-state index in [-0.39, 0.29) is 25.5 Å². The third-order valence-electron chi connectivity index (χ3n) is 10.6. The maximum atomic E-state index is 15.2. The zero-order chi connectivity index (χ0) is 35.5. The van der Waals surface area contributed by atoms with Gasteiger partial charge in [-0.2, -0.15) is 0 Å². The van der Waals surface area contributed by atoms with Crippen LogP contribution in [0.5, 0.6) is 0 Å². The molecule has 270 valence electrons. The number of benzene rings is 2. The van der Waals surface area contributed by atoms with E-state index < -0.39 is 66.1 Å². The van der Waals surface area contributed by atoms with Gasteiger partial charge in [0.05, 0.1) is 43.7 Å². The van der Waals surface area contributed by atoms with Gasteiger partial charge in [-0.05, 0) is 23.6 Å². The molecule has 12 nitrogen and oxygen atoms in total. The highest BCUT2D eigenvalue weighted by molar-refractivity contribution is 9.11. The van der Waals surface area contributed by atoms with Gasteiger partial charge in [-0.15, -0.1) is 0 Å². The maximum absolute atomic E-state index is 15.2. The standard InChI is InChI=1S/C38H43BrN4O8/c39-27-22-38-32-31(33(27)51-38)35(46)40-28(25-10-4-1-5-11-25)24-50-30(45)14-8-3-9-15-42(17-16-41-18-20-49-21-19-41)37(48)34(38)43(36(32)47)29(23-44)26-12-6-2-7-13-26/h1-7,9-13,22,28-29,31-34,44H,8,14-21,23-24H2,(H,40,46)/b9-3-/t28-,29+,31-,32+,33-,34-,38+/m0/s1. The number of likely N-dealkylation sites (tertiary alicyclic amines) is 1. The fourth-order valence-corrected chi connectivity index (χ4v) is 8.83. The lowest BCUT2D eigenvalue weighted by molar-refractivity contribution is -0.151. The molecule has 5 heterocycles. The van der Waals surface area contributed by atoms with Gasteiger partial charge >= 0.3 is 5.97 Å². The van der Waals surface area contributed by atoms with Crippen LogP contribution in [0, 0.1) is 11.8 Å². The summed E-state index contributed by atoms with van der Waals surface area (Å²) >= 11 is 3.63. The summed E-state index contributed by atoms with van der Waals surface area (Å²) in [4.78, 5) is 62.8. The number of aliphatic hydroxyl groups excluding tert-OH is 1. The molecule has 5 bridgehead atoms. The van der Waals surface area contributed by atoms with Crippen molar-refractivity contribution in [3.8, 4) is 0 Å². The van der Waals surface area contributed by atoms with Crippen molar-refractivity contribution >= 4 is 39.6 Å². The Morgan fingerprint density at radius 3 is 2.39 bits per heavy atom. The smallest absolute Gasteiger partial charge is 0.306 e. The predicted octanol–water partition coefficient (Wildman–Crippen LogP) is 2.50. The Bertz CT molecular complexity index is 1670. The van der Waals surface area contributed by atoms with Crippen molar-refractivity contribution in [2.24, 2.45) is 11.8 Å². The zero-order valence-corrected chi connectivity index (χ0v) is 29.9. The molecule has 13 heteroatoms. The van der Waals surface area contributed by atoms with Crippen LogP contribution in [0.4, 0.5) is 0 Å². The number of ether oxygens (including phenoxy) is 3. The average Bonchev–Trinajstić information content (AvgIpc) is 3.75. The van der Waals surface area contributed by atoms with E-state index in [1.807, 2.05) is 72.8 Å². The summed E-state index contributed by atoms with van der Waals surface area (Å²) in [5.41, 5.74) is -0.0857. The monoisotopic (exact) mass is 762 g/mol. The van der Waals surface area contributed by atoms with E-state index in [4.69, 9.17) is 14.2 Å². The minimum atomic E-state index is -1.48. The number of cyclic esters (lactones) is 1. The van der Waals surface area contributed by atoms with E-state index in [0.29, 0.717) is 42.8 Å². The molecule has 0 aromatic heterocycles. The Labute approximate surface area is 305 Å². The molecule has 3 amide bonds. The predicted molar refractivity (Wildman–Crippen MR) is 189 cm³/mol. The summed E-state index contributed by atoms with van der Waals surface area (Å²) in [6.45, 7) is 3.32. The van der Waals surface area contributed by atoms with Crippen molar-refractivity contribution < 1.29 is 38.5 Å². The van der Waals surface area contributed by atoms with E-state index >= 15 is 4.79 Å². The molecule has 0 radical (unpaired) electrons. The van der Waals surface area contributed by atoms with E-state index in [9.17, 15) is 19.5 Å². The molecule has 3 saturated heterocycles. The molecule has 3 fully saturated rings. The number of hydrogen-bond acceptors (Lipinski definition) is 9. The van der Waals surface area contributed by atoms with Gasteiger partial charge in [0.2, 0.25) is 17.7 Å². The number of amides is 3. The lowest BCUT2D eigenvalue weighted by atomic mass is 9.74. The fourth-order valence-electron chi connectivity index (χ4n) is 8.10.